The predicted molar refractivity (Wildman–Crippen MR) is 104 cm³/mol. The molecule has 1 saturated carbocycles. The average Bonchev–Trinajstić information content (AvgIpc) is 2.53. The van der Waals surface area contributed by atoms with E-state index in [1.807, 2.05) is 12.3 Å². The van der Waals surface area contributed by atoms with E-state index in [1.165, 1.54) is 19.3 Å². The van der Waals surface area contributed by atoms with Crippen molar-refractivity contribution in [3.8, 4) is 0 Å². The molecule has 1 N–H and O–H groups in total. The molecule has 1 aliphatic heterocycles. The van der Waals surface area contributed by atoms with Crippen molar-refractivity contribution < 1.29 is 4.79 Å². The van der Waals surface area contributed by atoms with Gasteiger partial charge in [-0.25, -0.2) is 0 Å². The van der Waals surface area contributed by atoms with Crippen molar-refractivity contribution in [2.24, 2.45) is 17.3 Å². The highest BCUT2D eigenvalue weighted by Crippen LogP contribution is 2.43. The Balaban J connectivity index is 0.00000225. The second-order valence-electron chi connectivity index (χ2n) is 8.58. The van der Waals surface area contributed by atoms with Crippen LogP contribution < -0.4 is 5.32 Å². The van der Waals surface area contributed by atoms with Gasteiger partial charge < -0.3 is 10.2 Å². The number of piperazine rings is 1. The molecule has 1 saturated heterocycles. The number of amides is 1. The lowest BCUT2D eigenvalue weighted by Crippen LogP contribution is -2.49. The van der Waals surface area contributed by atoms with Gasteiger partial charge in [-0.3, -0.25) is 9.78 Å². The number of carbonyl (C=O) groups excluding carboxylic acids is 1. The van der Waals surface area contributed by atoms with Gasteiger partial charge in [-0.1, -0.05) is 26.8 Å². The number of hydrogen-bond donors (Lipinski definition) is 1. The SMILES string of the molecule is CC1CC(CC(=O)N2CCNCC2c2cccnc2)CC(C)(C)C1.Cl. The summed E-state index contributed by atoms with van der Waals surface area (Å²) < 4.78 is 0. The first-order chi connectivity index (χ1) is 11.4. The topological polar surface area (TPSA) is 45.2 Å². The van der Waals surface area contributed by atoms with Crippen molar-refractivity contribution in [2.75, 3.05) is 19.6 Å². The molecular formula is C20H32ClN3O. The minimum absolute atomic E-state index is 0. The minimum Gasteiger partial charge on any atom is -0.333 e. The molecule has 0 bridgehead atoms. The monoisotopic (exact) mass is 365 g/mol. The van der Waals surface area contributed by atoms with Gasteiger partial charge in [0.25, 0.3) is 0 Å². The highest BCUT2D eigenvalue weighted by Gasteiger charge is 2.35. The fraction of sp³-hybridized carbons (Fsp3) is 0.700. The number of nitrogens with zero attached hydrogens (tertiary/aromatic N) is 2. The summed E-state index contributed by atoms with van der Waals surface area (Å²) in [5.74, 6) is 1.57. The first-order valence-corrected chi connectivity index (χ1v) is 9.35. The molecule has 4 nitrogen and oxygen atoms in total. The van der Waals surface area contributed by atoms with Crippen LogP contribution >= 0.6 is 12.4 Å². The number of pyridine rings is 1. The van der Waals surface area contributed by atoms with Gasteiger partial charge in [0.2, 0.25) is 5.91 Å². The maximum absolute atomic E-state index is 13.0. The molecule has 2 heterocycles. The predicted octanol–water partition coefficient (Wildman–Crippen LogP) is 3.83. The fourth-order valence-corrected chi connectivity index (χ4v) is 4.94. The summed E-state index contributed by atoms with van der Waals surface area (Å²) in [6.45, 7) is 9.54. The van der Waals surface area contributed by atoms with Crippen LogP contribution in [0.2, 0.25) is 0 Å². The Bertz CT molecular complexity index is 563. The maximum Gasteiger partial charge on any atom is 0.223 e. The third-order valence-corrected chi connectivity index (χ3v) is 5.57. The molecule has 5 heteroatoms. The molecule has 0 radical (unpaired) electrons. The highest BCUT2D eigenvalue weighted by molar-refractivity contribution is 5.85. The van der Waals surface area contributed by atoms with Gasteiger partial charge in [0.05, 0.1) is 6.04 Å². The largest absolute Gasteiger partial charge is 0.333 e. The second kappa shape index (κ2) is 8.50. The third-order valence-electron chi connectivity index (χ3n) is 5.57. The Morgan fingerprint density at radius 3 is 2.88 bits per heavy atom. The zero-order valence-corrected chi connectivity index (χ0v) is 16.5. The molecule has 1 aliphatic carbocycles. The number of carbonyl (C=O) groups is 1. The molecule has 25 heavy (non-hydrogen) atoms. The van der Waals surface area contributed by atoms with Crippen LogP contribution in [0.5, 0.6) is 0 Å². The van der Waals surface area contributed by atoms with Crippen molar-refractivity contribution >= 4 is 18.3 Å². The summed E-state index contributed by atoms with van der Waals surface area (Å²) in [4.78, 5) is 19.4. The Hall–Kier alpha value is -1.13. The summed E-state index contributed by atoms with van der Waals surface area (Å²) >= 11 is 0. The van der Waals surface area contributed by atoms with E-state index in [-0.39, 0.29) is 18.4 Å². The Morgan fingerprint density at radius 2 is 2.20 bits per heavy atom. The summed E-state index contributed by atoms with van der Waals surface area (Å²) in [6, 6.07) is 4.16. The van der Waals surface area contributed by atoms with Crippen LogP contribution in [0, 0.1) is 17.3 Å². The first kappa shape index (κ1) is 20.2. The van der Waals surface area contributed by atoms with E-state index in [1.54, 1.807) is 6.20 Å². The molecule has 1 aromatic heterocycles. The van der Waals surface area contributed by atoms with Gasteiger partial charge in [-0.2, -0.15) is 0 Å². The van der Waals surface area contributed by atoms with Crippen molar-refractivity contribution in [1.82, 2.24) is 15.2 Å². The zero-order chi connectivity index (χ0) is 17.2. The van der Waals surface area contributed by atoms with Gasteiger partial charge in [-0.15, -0.1) is 12.4 Å². The molecule has 2 aliphatic rings. The highest BCUT2D eigenvalue weighted by atomic mass is 35.5. The number of rotatable bonds is 3. The van der Waals surface area contributed by atoms with Crippen molar-refractivity contribution in [1.29, 1.82) is 0 Å². The number of hydrogen-bond acceptors (Lipinski definition) is 3. The zero-order valence-electron chi connectivity index (χ0n) is 15.7. The molecule has 140 valence electrons. The Kier molecular flexibility index (Phi) is 6.86. The van der Waals surface area contributed by atoms with Crippen molar-refractivity contribution in [3.05, 3.63) is 30.1 Å². The summed E-state index contributed by atoms with van der Waals surface area (Å²) in [7, 11) is 0. The third kappa shape index (κ3) is 5.18. The Morgan fingerprint density at radius 1 is 1.40 bits per heavy atom. The number of halogens is 1. The molecule has 3 unspecified atom stereocenters. The molecule has 2 fully saturated rings. The maximum atomic E-state index is 13.0. The van der Waals surface area contributed by atoms with Crippen molar-refractivity contribution in [2.45, 2.75) is 52.5 Å². The van der Waals surface area contributed by atoms with Crippen LogP contribution in [-0.2, 0) is 4.79 Å². The standard InChI is InChI=1S/C20H31N3O.ClH/c1-15-9-16(12-20(2,3)11-15)10-19(24)23-8-7-22-14-18(23)17-5-4-6-21-13-17;/h4-6,13,15-16,18,22H,7-12,14H2,1-3H3;1H. The fourth-order valence-electron chi connectivity index (χ4n) is 4.94. The normalized spacial score (nSPS) is 28.9. The van der Waals surface area contributed by atoms with Crippen LogP contribution in [0.15, 0.2) is 24.5 Å². The van der Waals surface area contributed by atoms with Gasteiger partial charge in [0, 0.05) is 38.4 Å². The van der Waals surface area contributed by atoms with Crippen LogP contribution in [0.3, 0.4) is 0 Å². The van der Waals surface area contributed by atoms with E-state index < -0.39 is 0 Å². The van der Waals surface area contributed by atoms with E-state index in [4.69, 9.17) is 0 Å². The Labute approximate surface area is 158 Å². The lowest BCUT2D eigenvalue weighted by Gasteiger charge is -2.41. The molecular weight excluding hydrogens is 334 g/mol. The second-order valence-corrected chi connectivity index (χ2v) is 8.58. The van der Waals surface area contributed by atoms with Crippen LogP contribution in [-0.4, -0.2) is 35.4 Å². The average molecular weight is 366 g/mol. The smallest absolute Gasteiger partial charge is 0.223 e. The van der Waals surface area contributed by atoms with Crippen LogP contribution in [0.25, 0.3) is 0 Å². The van der Waals surface area contributed by atoms with E-state index >= 15 is 0 Å². The van der Waals surface area contributed by atoms with E-state index in [0.29, 0.717) is 23.7 Å². The molecule has 3 rings (SSSR count). The molecule has 0 aromatic carbocycles. The summed E-state index contributed by atoms with van der Waals surface area (Å²) in [5.41, 5.74) is 1.50. The molecule has 1 amide bonds. The molecule has 3 atom stereocenters. The summed E-state index contributed by atoms with van der Waals surface area (Å²) in [6.07, 6.45) is 8.03. The van der Waals surface area contributed by atoms with Gasteiger partial charge >= 0.3 is 0 Å². The van der Waals surface area contributed by atoms with E-state index in [0.717, 1.165) is 31.1 Å². The number of aromatic nitrogens is 1. The van der Waals surface area contributed by atoms with Gasteiger partial charge in [0.1, 0.15) is 0 Å². The van der Waals surface area contributed by atoms with E-state index in [2.05, 4.69) is 42.0 Å². The van der Waals surface area contributed by atoms with Gasteiger partial charge in [0.15, 0.2) is 0 Å². The molecule has 0 spiro atoms. The minimum atomic E-state index is 0. The number of nitrogens with one attached hydrogen (secondary N) is 1. The van der Waals surface area contributed by atoms with Crippen LogP contribution in [0.1, 0.15) is 58.1 Å². The lowest BCUT2D eigenvalue weighted by molar-refractivity contribution is -0.136. The van der Waals surface area contributed by atoms with Crippen LogP contribution in [0.4, 0.5) is 0 Å². The van der Waals surface area contributed by atoms with Gasteiger partial charge in [-0.05, 0) is 48.1 Å². The van der Waals surface area contributed by atoms with E-state index in [9.17, 15) is 4.79 Å². The quantitative estimate of drug-likeness (QED) is 0.885. The van der Waals surface area contributed by atoms with Crippen molar-refractivity contribution in [3.63, 3.8) is 0 Å². The molecule has 1 aromatic rings. The lowest BCUT2D eigenvalue weighted by atomic mass is 9.67. The first-order valence-electron chi connectivity index (χ1n) is 9.35. The summed E-state index contributed by atoms with van der Waals surface area (Å²) in [5, 5.41) is 3.42.